The van der Waals surface area contributed by atoms with Crippen LogP contribution in [0.15, 0.2) is 24.3 Å². The average Bonchev–Trinajstić information content (AvgIpc) is 2.67. The summed E-state index contributed by atoms with van der Waals surface area (Å²) in [5.74, 6) is 0.645. The molecule has 0 aliphatic carbocycles. The zero-order valence-electron chi connectivity index (χ0n) is 15.5. The molecule has 0 bridgehead atoms. The molecular formula is C20H30ClFN2O2. The van der Waals surface area contributed by atoms with Crippen LogP contribution in [0, 0.1) is 11.7 Å². The van der Waals surface area contributed by atoms with Crippen molar-refractivity contribution in [1.82, 2.24) is 10.2 Å². The number of carbonyl (C=O) groups is 1. The van der Waals surface area contributed by atoms with E-state index in [9.17, 15) is 9.18 Å². The Morgan fingerprint density at radius 1 is 1.23 bits per heavy atom. The van der Waals surface area contributed by atoms with E-state index in [1.54, 1.807) is 12.1 Å². The molecule has 1 N–H and O–H groups in total. The van der Waals surface area contributed by atoms with Crippen molar-refractivity contribution in [3.63, 3.8) is 0 Å². The number of carbonyl (C=O) groups excluding carboxylic acids is 1. The van der Waals surface area contributed by atoms with Gasteiger partial charge in [-0.2, -0.15) is 0 Å². The van der Waals surface area contributed by atoms with Gasteiger partial charge in [0.15, 0.2) is 0 Å². The lowest BCUT2D eigenvalue weighted by Gasteiger charge is -2.42. The summed E-state index contributed by atoms with van der Waals surface area (Å²) in [6.45, 7) is 3.87. The Hall–Kier alpha value is -1.17. The van der Waals surface area contributed by atoms with Gasteiger partial charge in [-0.15, -0.1) is 12.4 Å². The van der Waals surface area contributed by atoms with Crippen LogP contribution < -0.4 is 5.32 Å². The third-order valence-corrected chi connectivity index (χ3v) is 5.86. The summed E-state index contributed by atoms with van der Waals surface area (Å²) in [5, 5.41) is 3.21. The summed E-state index contributed by atoms with van der Waals surface area (Å²) in [7, 11) is 1.98. The summed E-state index contributed by atoms with van der Waals surface area (Å²) >= 11 is 0. The van der Waals surface area contributed by atoms with Crippen molar-refractivity contribution in [3.05, 3.63) is 35.6 Å². The van der Waals surface area contributed by atoms with Gasteiger partial charge in [-0.1, -0.05) is 12.1 Å². The molecule has 2 aliphatic rings. The molecule has 4 nitrogen and oxygen atoms in total. The molecule has 3 rings (SSSR count). The summed E-state index contributed by atoms with van der Waals surface area (Å²) in [6, 6.07) is 6.48. The summed E-state index contributed by atoms with van der Waals surface area (Å²) in [4.78, 5) is 15.5. The Morgan fingerprint density at radius 2 is 1.85 bits per heavy atom. The molecular weight excluding hydrogens is 355 g/mol. The Kier molecular flexibility index (Phi) is 7.86. The number of hydrogen-bond donors (Lipinski definition) is 1. The number of likely N-dealkylation sites (tertiary alicyclic amines) is 1. The van der Waals surface area contributed by atoms with E-state index in [-0.39, 0.29) is 24.1 Å². The quantitative estimate of drug-likeness (QED) is 0.847. The van der Waals surface area contributed by atoms with Crippen molar-refractivity contribution >= 4 is 18.3 Å². The molecule has 6 heteroatoms. The maximum Gasteiger partial charge on any atom is 0.233 e. The van der Waals surface area contributed by atoms with E-state index in [1.165, 1.54) is 18.6 Å². The lowest BCUT2D eigenvalue weighted by atomic mass is 9.72. The zero-order chi connectivity index (χ0) is 17.7. The smallest absolute Gasteiger partial charge is 0.233 e. The summed E-state index contributed by atoms with van der Waals surface area (Å²) in [5.41, 5.74) is 0.378. The molecule has 0 unspecified atom stereocenters. The lowest BCUT2D eigenvalue weighted by Crippen LogP contribution is -2.52. The first kappa shape index (κ1) is 21.1. The van der Waals surface area contributed by atoms with Crippen LogP contribution in [0.25, 0.3) is 0 Å². The molecule has 2 aliphatic heterocycles. The summed E-state index contributed by atoms with van der Waals surface area (Å²) < 4.78 is 18.9. The van der Waals surface area contributed by atoms with E-state index in [1.807, 2.05) is 11.9 Å². The first-order valence-corrected chi connectivity index (χ1v) is 9.43. The molecule has 1 aromatic carbocycles. The highest BCUT2D eigenvalue weighted by molar-refractivity contribution is 5.88. The van der Waals surface area contributed by atoms with Gasteiger partial charge in [-0.05, 0) is 69.3 Å². The van der Waals surface area contributed by atoms with Crippen molar-refractivity contribution in [1.29, 1.82) is 0 Å². The van der Waals surface area contributed by atoms with Gasteiger partial charge < -0.3 is 15.0 Å². The average molecular weight is 385 g/mol. The fraction of sp³-hybridized carbons (Fsp3) is 0.650. The normalized spacial score (nSPS) is 20.5. The Morgan fingerprint density at radius 3 is 2.42 bits per heavy atom. The lowest BCUT2D eigenvalue weighted by molar-refractivity contribution is -0.142. The monoisotopic (exact) mass is 384 g/mol. The van der Waals surface area contributed by atoms with Crippen LogP contribution in [0.3, 0.4) is 0 Å². The van der Waals surface area contributed by atoms with Gasteiger partial charge in [-0.3, -0.25) is 4.79 Å². The zero-order valence-corrected chi connectivity index (χ0v) is 16.3. The minimum absolute atomic E-state index is 0. The number of halogens is 2. The Labute approximate surface area is 161 Å². The number of nitrogens with zero attached hydrogens (tertiary/aromatic N) is 1. The van der Waals surface area contributed by atoms with E-state index in [4.69, 9.17) is 4.74 Å². The largest absolute Gasteiger partial charge is 0.381 e. The predicted octanol–water partition coefficient (Wildman–Crippen LogP) is 3.14. The maximum atomic E-state index is 13.4. The molecule has 2 saturated heterocycles. The standard InChI is InChI=1S/C20H29FN2O2.ClH/c1-22-11-6-16-7-12-23(13-8-16)19(24)20(9-14-25-15-10-20)17-2-4-18(21)5-3-17;/h2-5,16,22H,6-15H2,1H3;1H. The third-order valence-electron chi connectivity index (χ3n) is 5.86. The molecule has 0 saturated carbocycles. The molecule has 1 amide bonds. The van der Waals surface area contributed by atoms with E-state index < -0.39 is 5.41 Å². The van der Waals surface area contributed by atoms with E-state index in [0.29, 0.717) is 32.0 Å². The van der Waals surface area contributed by atoms with Gasteiger partial charge in [0.1, 0.15) is 5.82 Å². The second kappa shape index (κ2) is 9.67. The second-order valence-electron chi connectivity index (χ2n) is 7.33. The Bertz CT molecular complexity index is 568. The SMILES string of the molecule is CNCCC1CCN(C(=O)C2(c3ccc(F)cc3)CCOCC2)CC1.Cl. The molecule has 0 spiro atoms. The maximum absolute atomic E-state index is 13.4. The van der Waals surface area contributed by atoms with Crippen molar-refractivity contribution in [2.24, 2.45) is 5.92 Å². The number of benzene rings is 1. The van der Waals surface area contributed by atoms with Gasteiger partial charge in [0.05, 0.1) is 5.41 Å². The molecule has 2 fully saturated rings. The minimum atomic E-state index is -0.552. The number of nitrogens with one attached hydrogen (secondary N) is 1. The van der Waals surface area contributed by atoms with Crippen LogP contribution in [-0.2, 0) is 14.9 Å². The molecule has 26 heavy (non-hydrogen) atoms. The van der Waals surface area contributed by atoms with Crippen molar-refractivity contribution < 1.29 is 13.9 Å². The van der Waals surface area contributed by atoms with Gasteiger partial charge in [0, 0.05) is 26.3 Å². The highest BCUT2D eigenvalue weighted by atomic mass is 35.5. The van der Waals surface area contributed by atoms with Crippen molar-refractivity contribution in [2.75, 3.05) is 39.9 Å². The van der Waals surface area contributed by atoms with Gasteiger partial charge in [0.2, 0.25) is 5.91 Å². The molecule has 0 aromatic heterocycles. The number of hydrogen-bond acceptors (Lipinski definition) is 3. The number of piperidine rings is 1. The molecule has 146 valence electrons. The molecule has 0 radical (unpaired) electrons. The van der Waals surface area contributed by atoms with Crippen LogP contribution in [0.5, 0.6) is 0 Å². The predicted molar refractivity (Wildman–Crippen MR) is 103 cm³/mol. The van der Waals surface area contributed by atoms with E-state index in [0.717, 1.165) is 38.0 Å². The topological polar surface area (TPSA) is 41.6 Å². The van der Waals surface area contributed by atoms with E-state index >= 15 is 0 Å². The van der Waals surface area contributed by atoms with Crippen LogP contribution in [0.2, 0.25) is 0 Å². The van der Waals surface area contributed by atoms with Crippen LogP contribution >= 0.6 is 12.4 Å². The van der Waals surface area contributed by atoms with Crippen LogP contribution in [0.1, 0.15) is 37.7 Å². The molecule has 2 heterocycles. The highest BCUT2D eigenvalue weighted by Crippen LogP contribution is 2.38. The van der Waals surface area contributed by atoms with Crippen LogP contribution in [0.4, 0.5) is 4.39 Å². The molecule has 1 aromatic rings. The minimum Gasteiger partial charge on any atom is -0.381 e. The third kappa shape index (κ3) is 4.56. The summed E-state index contributed by atoms with van der Waals surface area (Å²) in [6.07, 6.45) is 4.68. The first-order chi connectivity index (χ1) is 12.2. The number of rotatable bonds is 5. The highest BCUT2D eigenvalue weighted by Gasteiger charge is 2.44. The number of amides is 1. The fourth-order valence-electron chi connectivity index (χ4n) is 4.19. The van der Waals surface area contributed by atoms with Gasteiger partial charge >= 0.3 is 0 Å². The molecule has 0 atom stereocenters. The van der Waals surface area contributed by atoms with E-state index in [2.05, 4.69) is 5.32 Å². The van der Waals surface area contributed by atoms with Gasteiger partial charge in [-0.25, -0.2) is 4.39 Å². The first-order valence-electron chi connectivity index (χ1n) is 9.43. The number of ether oxygens (including phenoxy) is 1. The Balaban J connectivity index is 0.00000243. The van der Waals surface area contributed by atoms with Crippen molar-refractivity contribution in [2.45, 2.75) is 37.5 Å². The van der Waals surface area contributed by atoms with Crippen molar-refractivity contribution in [3.8, 4) is 0 Å². The van der Waals surface area contributed by atoms with Gasteiger partial charge in [0.25, 0.3) is 0 Å². The van der Waals surface area contributed by atoms with Crippen LogP contribution in [-0.4, -0.2) is 50.7 Å². The fourth-order valence-corrected chi connectivity index (χ4v) is 4.19. The second-order valence-corrected chi connectivity index (χ2v) is 7.33.